The monoisotopic (exact) mass is 196 g/mol. The van der Waals surface area contributed by atoms with Crippen molar-refractivity contribution < 1.29 is 4.79 Å². The highest BCUT2D eigenvalue weighted by atomic mass is 32.2. The van der Waals surface area contributed by atoms with Crippen LogP contribution >= 0.6 is 11.8 Å². The van der Waals surface area contributed by atoms with Crippen LogP contribution in [0.4, 0.5) is 0 Å². The maximum atomic E-state index is 11.8. The van der Waals surface area contributed by atoms with Crippen LogP contribution < -0.4 is 0 Å². The van der Waals surface area contributed by atoms with Gasteiger partial charge in [0.1, 0.15) is 5.69 Å². The van der Waals surface area contributed by atoms with Crippen molar-refractivity contribution in [1.29, 1.82) is 0 Å². The van der Waals surface area contributed by atoms with E-state index in [0.717, 1.165) is 17.9 Å². The molecule has 1 atom stereocenters. The Hall–Kier alpha value is -0.770. The summed E-state index contributed by atoms with van der Waals surface area (Å²) in [5, 5.41) is 4.11. The van der Waals surface area contributed by atoms with Crippen LogP contribution in [0.1, 0.15) is 16.9 Å². The van der Waals surface area contributed by atoms with Crippen molar-refractivity contribution in [3.05, 3.63) is 18.0 Å². The first-order chi connectivity index (χ1) is 6.27. The molecule has 70 valence electrons. The quantitative estimate of drug-likeness (QED) is 0.670. The summed E-state index contributed by atoms with van der Waals surface area (Å²) < 4.78 is 1.68. The highest BCUT2D eigenvalue weighted by Gasteiger charge is 2.25. The Balaban J connectivity index is 2.12. The van der Waals surface area contributed by atoms with Crippen molar-refractivity contribution in [2.45, 2.75) is 6.42 Å². The molecule has 0 bridgehead atoms. The first-order valence-electron chi connectivity index (χ1n) is 4.39. The van der Waals surface area contributed by atoms with Crippen molar-refractivity contribution in [3.63, 3.8) is 0 Å². The van der Waals surface area contributed by atoms with Gasteiger partial charge in [0.15, 0.2) is 5.78 Å². The van der Waals surface area contributed by atoms with E-state index in [1.54, 1.807) is 10.7 Å². The molecule has 1 unspecified atom stereocenters. The standard InChI is InChI=1S/C9H12N2OS/c1-11-4-2-8(10-11)9(12)7-3-5-13-6-7/h2,4,7H,3,5-6H2,1H3. The minimum atomic E-state index is 0.208. The van der Waals surface area contributed by atoms with Gasteiger partial charge in [0, 0.05) is 24.9 Å². The van der Waals surface area contributed by atoms with Crippen LogP contribution in [-0.4, -0.2) is 27.1 Å². The van der Waals surface area contributed by atoms with Crippen LogP contribution in [0.2, 0.25) is 0 Å². The molecular formula is C9H12N2OS. The molecule has 0 spiro atoms. The van der Waals surface area contributed by atoms with Crippen molar-refractivity contribution >= 4 is 17.5 Å². The number of thioether (sulfide) groups is 1. The SMILES string of the molecule is Cn1ccc(C(=O)C2CCSC2)n1. The van der Waals surface area contributed by atoms with Gasteiger partial charge >= 0.3 is 0 Å². The largest absolute Gasteiger partial charge is 0.292 e. The molecule has 3 nitrogen and oxygen atoms in total. The lowest BCUT2D eigenvalue weighted by atomic mass is 10.0. The van der Waals surface area contributed by atoms with E-state index in [2.05, 4.69) is 5.10 Å². The third kappa shape index (κ3) is 1.77. The van der Waals surface area contributed by atoms with Gasteiger partial charge in [-0.25, -0.2) is 0 Å². The summed E-state index contributed by atoms with van der Waals surface area (Å²) >= 11 is 1.86. The molecule has 13 heavy (non-hydrogen) atoms. The minimum Gasteiger partial charge on any atom is -0.292 e. The van der Waals surface area contributed by atoms with Crippen LogP contribution in [0.5, 0.6) is 0 Å². The van der Waals surface area contributed by atoms with E-state index in [9.17, 15) is 4.79 Å². The fourth-order valence-electron chi connectivity index (χ4n) is 1.50. The Morgan fingerprint density at radius 1 is 1.77 bits per heavy atom. The third-order valence-corrected chi connectivity index (χ3v) is 3.43. The van der Waals surface area contributed by atoms with Crippen molar-refractivity contribution in [3.8, 4) is 0 Å². The predicted molar refractivity (Wildman–Crippen MR) is 53.0 cm³/mol. The van der Waals surface area contributed by atoms with Crippen molar-refractivity contribution in [2.24, 2.45) is 13.0 Å². The van der Waals surface area contributed by atoms with Gasteiger partial charge in [0.25, 0.3) is 0 Å². The normalized spacial score (nSPS) is 22.1. The molecule has 1 aromatic heterocycles. The fraction of sp³-hybridized carbons (Fsp3) is 0.556. The summed E-state index contributed by atoms with van der Waals surface area (Å²) in [6.07, 6.45) is 2.83. The molecule has 1 fully saturated rings. The van der Waals surface area contributed by atoms with Crippen molar-refractivity contribution in [2.75, 3.05) is 11.5 Å². The molecule has 0 aliphatic carbocycles. The molecule has 0 radical (unpaired) electrons. The second kappa shape index (κ2) is 3.54. The molecule has 1 aliphatic heterocycles. The first kappa shape index (κ1) is 8.81. The van der Waals surface area contributed by atoms with Gasteiger partial charge in [0.05, 0.1) is 0 Å². The smallest absolute Gasteiger partial charge is 0.186 e. The number of carbonyl (C=O) groups excluding carboxylic acids is 1. The maximum Gasteiger partial charge on any atom is 0.186 e. The van der Waals surface area contributed by atoms with Crippen LogP contribution in [0.25, 0.3) is 0 Å². The van der Waals surface area contributed by atoms with Gasteiger partial charge < -0.3 is 0 Å². The molecular weight excluding hydrogens is 184 g/mol. The van der Waals surface area contributed by atoms with Crippen LogP contribution in [0.3, 0.4) is 0 Å². The highest BCUT2D eigenvalue weighted by Crippen LogP contribution is 2.25. The Morgan fingerprint density at radius 3 is 3.15 bits per heavy atom. The lowest BCUT2D eigenvalue weighted by Gasteiger charge is -2.02. The summed E-state index contributed by atoms with van der Waals surface area (Å²) in [7, 11) is 1.83. The van der Waals surface area contributed by atoms with E-state index in [1.165, 1.54) is 0 Å². The zero-order chi connectivity index (χ0) is 9.26. The molecule has 2 heterocycles. The number of nitrogens with zero attached hydrogens (tertiary/aromatic N) is 2. The molecule has 0 amide bonds. The van der Waals surface area contributed by atoms with Gasteiger partial charge in [-0.3, -0.25) is 9.48 Å². The van der Waals surface area contributed by atoms with E-state index < -0.39 is 0 Å². The molecule has 1 aromatic rings. The maximum absolute atomic E-state index is 11.8. The van der Waals surface area contributed by atoms with Crippen LogP contribution in [0.15, 0.2) is 12.3 Å². The number of hydrogen-bond acceptors (Lipinski definition) is 3. The van der Waals surface area contributed by atoms with E-state index >= 15 is 0 Å². The Morgan fingerprint density at radius 2 is 2.62 bits per heavy atom. The average molecular weight is 196 g/mol. The van der Waals surface area contributed by atoms with Gasteiger partial charge in [-0.15, -0.1) is 0 Å². The number of rotatable bonds is 2. The second-order valence-corrected chi connectivity index (χ2v) is 4.45. The minimum absolute atomic E-state index is 0.208. The zero-order valence-corrected chi connectivity index (χ0v) is 8.38. The average Bonchev–Trinajstić information content (AvgIpc) is 2.72. The van der Waals surface area contributed by atoms with Crippen molar-refractivity contribution in [1.82, 2.24) is 9.78 Å². The number of Topliss-reactive ketones (excluding diaryl/α,β-unsaturated/α-hetero) is 1. The molecule has 1 saturated heterocycles. The molecule has 0 aromatic carbocycles. The lowest BCUT2D eigenvalue weighted by molar-refractivity contribution is 0.0928. The molecule has 4 heteroatoms. The first-order valence-corrected chi connectivity index (χ1v) is 5.54. The highest BCUT2D eigenvalue weighted by molar-refractivity contribution is 7.99. The Labute approximate surface area is 81.5 Å². The third-order valence-electron chi connectivity index (χ3n) is 2.27. The number of carbonyl (C=O) groups is 1. The van der Waals surface area contributed by atoms with E-state index in [4.69, 9.17) is 0 Å². The molecule has 2 rings (SSSR count). The molecule has 0 N–H and O–H groups in total. The van der Waals surface area contributed by atoms with E-state index in [1.807, 2.05) is 25.0 Å². The lowest BCUT2D eigenvalue weighted by Crippen LogP contribution is -2.14. The Bertz CT molecular complexity index is 315. The second-order valence-electron chi connectivity index (χ2n) is 3.30. The number of aromatic nitrogens is 2. The van der Waals surface area contributed by atoms with Crippen LogP contribution in [-0.2, 0) is 7.05 Å². The van der Waals surface area contributed by atoms with E-state index in [0.29, 0.717) is 5.69 Å². The van der Waals surface area contributed by atoms with Crippen LogP contribution in [0, 0.1) is 5.92 Å². The summed E-state index contributed by atoms with van der Waals surface area (Å²) in [4.78, 5) is 11.8. The summed E-state index contributed by atoms with van der Waals surface area (Å²) in [6.45, 7) is 0. The molecule has 1 aliphatic rings. The van der Waals surface area contributed by atoms with Gasteiger partial charge in [-0.05, 0) is 18.2 Å². The van der Waals surface area contributed by atoms with Gasteiger partial charge in [-0.2, -0.15) is 16.9 Å². The Kier molecular flexibility index (Phi) is 2.40. The summed E-state index contributed by atoms with van der Waals surface area (Å²) in [6, 6.07) is 1.80. The zero-order valence-electron chi connectivity index (χ0n) is 7.56. The van der Waals surface area contributed by atoms with E-state index in [-0.39, 0.29) is 11.7 Å². The number of aryl methyl sites for hydroxylation is 1. The van der Waals surface area contributed by atoms with Gasteiger partial charge in [-0.1, -0.05) is 0 Å². The fourth-order valence-corrected chi connectivity index (χ4v) is 2.72. The number of hydrogen-bond donors (Lipinski definition) is 0. The predicted octanol–water partition coefficient (Wildman–Crippen LogP) is 1.36. The topological polar surface area (TPSA) is 34.9 Å². The summed E-state index contributed by atoms with van der Waals surface area (Å²) in [5.41, 5.74) is 0.620. The van der Waals surface area contributed by atoms with Gasteiger partial charge in [0.2, 0.25) is 0 Å². The molecule has 0 saturated carbocycles. The number of ketones is 1. The summed E-state index contributed by atoms with van der Waals surface area (Å²) in [5.74, 6) is 2.50.